The van der Waals surface area contributed by atoms with Crippen LogP contribution in [0.15, 0.2) is 12.1 Å². The van der Waals surface area contributed by atoms with E-state index in [1.54, 1.807) is 14.0 Å². The maximum atomic E-state index is 12.7. The highest BCUT2D eigenvalue weighted by atomic mass is 35.5. The van der Waals surface area contributed by atoms with Crippen molar-refractivity contribution in [3.05, 3.63) is 38.3 Å². The Kier molecular flexibility index (Phi) is 3.88. The first-order chi connectivity index (χ1) is 9.12. The normalized spacial score (nSPS) is 11.9. The van der Waals surface area contributed by atoms with E-state index in [0.717, 1.165) is 12.1 Å². The maximum absolute atomic E-state index is 12.7. The molecule has 1 heterocycles. The number of nitrogens with zero attached hydrogens (tertiary/aromatic N) is 3. The summed E-state index contributed by atoms with van der Waals surface area (Å²) in [6, 6.07) is 1.63. The predicted molar refractivity (Wildman–Crippen MR) is 73.1 cm³/mol. The second-order valence-corrected chi connectivity index (χ2v) is 5.25. The van der Waals surface area contributed by atoms with Gasteiger partial charge in [-0.05, 0) is 31.3 Å². The summed E-state index contributed by atoms with van der Waals surface area (Å²) < 4.78 is 41.2. The molecule has 0 aliphatic carbocycles. The summed E-state index contributed by atoms with van der Waals surface area (Å²) in [5.74, 6) is 0.473. The van der Waals surface area contributed by atoms with Crippen LogP contribution in [0, 0.1) is 11.7 Å². The Bertz CT molecular complexity index is 710. The van der Waals surface area contributed by atoms with Gasteiger partial charge in [0.2, 0.25) is 4.77 Å². The molecule has 0 unspecified atom stereocenters. The molecule has 0 N–H and O–H groups in total. The van der Waals surface area contributed by atoms with E-state index in [1.807, 2.05) is 0 Å². The third-order valence-electron chi connectivity index (χ3n) is 2.65. The summed E-state index contributed by atoms with van der Waals surface area (Å²) in [5.41, 5.74) is -0.721. The molecule has 2 aromatic rings. The van der Waals surface area contributed by atoms with E-state index in [2.05, 4.69) is 5.10 Å². The molecule has 0 amide bonds. The van der Waals surface area contributed by atoms with Gasteiger partial charge in [-0.25, -0.2) is 4.68 Å². The van der Waals surface area contributed by atoms with Crippen LogP contribution in [0.4, 0.5) is 13.2 Å². The van der Waals surface area contributed by atoms with Gasteiger partial charge in [0.15, 0.2) is 0 Å². The molecule has 3 nitrogen and oxygen atoms in total. The van der Waals surface area contributed by atoms with Crippen LogP contribution in [0.3, 0.4) is 0 Å². The lowest BCUT2D eigenvalue weighted by Crippen LogP contribution is -2.07. The van der Waals surface area contributed by atoms with Crippen molar-refractivity contribution in [2.45, 2.75) is 13.1 Å². The zero-order valence-corrected chi connectivity index (χ0v) is 12.6. The number of benzene rings is 1. The lowest BCUT2D eigenvalue weighted by molar-refractivity contribution is -0.137. The van der Waals surface area contributed by atoms with Gasteiger partial charge in [0.05, 0.1) is 21.3 Å². The van der Waals surface area contributed by atoms with E-state index in [0.29, 0.717) is 5.82 Å². The van der Waals surface area contributed by atoms with Crippen molar-refractivity contribution in [1.82, 2.24) is 14.3 Å². The van der Waals surface area contributed by atoms with Crippen molar-refractivity contribution in [2.75, 3.05) is 0 Å². The molecule has 0 spiro atoms. The average Bonchev–Trinajstić information content (AvgIpc) is 2.53. The predicted octanol–water partition coefficient (Wildman–Crippen LogP) is 4.57. The van der Waals surface area contributed by atoms with E-state index >= 15 is 0 Å². The van der Waals surface area contributed by atoms with Gasteiger partial charge < -0.3 is 0 Å². The first-order valence-electron chi connectivity index (χ1n) is 5.32. The van der Waals surface area contributed by atoms with Crippen LogP contribution in [0.1, 0.15) is 11.4 Å². The Morgan fingerprint density at radius 2 is 1.70 bits per heavy atom. The van der Waals surface area contributed by atoms with Gasteiger partial charge in [0.1, 0.15) is 5.82 Å². The number of aromatic nitrogens is 3. The fourth-order valence-electron chi connectivity index (χ4n) is 1.79. The molecule has 0 aliphatic rings. The zero-order valence-electron chi connectivity index (χ0n) is 10.3. The monoisotopic (exact) mass is 341 g/mol. The molecule has 108 valence electrons. The topological polar surface area (TPSA) is 22.8 Å². The minimum absolute atomic E-state index is 0.142. The minimum Gasteiger partial charge on any atom is -0.269 e. The van der Waals surface area contributed by atoms with Gasteiger partial charge in [-0.1, -0.05) is 23.2 Å². The fourth-order valence-corrected chi connectivity index (χ4v) is 2.71. The largest absolute Gasteiger partial charge is 0.416 e. The van der Waals surface area contributed by atoms with E-state index in [4.69, 9.17) is 35.4 Å². The van der Waals surface area contributed by atoms with Crippen molar-refractivity contribution in [2.24, 2.45) is 7.05 Å². The molecule has 0 aliphatic heterocycles. The lowest BCUT2D eigenvalue weighted by Gasteiger charge is -2.13. The SMILES string of the molecule is Cc1nn(C)c(=S)n1-c1c(Cl)cc(C(F)(F)F)cc1Cl. The standard InChI is InChI=1S/C11H8Cl2F3N3S/c1-5-17-18(2)10(20)19(5)9-7(12)3-6(4-8(9)13)11(14,15)16/h3-4H,1-2H3. The molecular weight excluding hydrogens is 334 g/mol. The highest BCUT2D eigenvalue weighted by Gasteiger charge is 2.32. The summed E-state index contributed by atoms with van der Waals surface area (Å²) in [7, 11) is 1.62. The Balaban J connectivity index is 2.74. The summed E-state index contributed by atoms with van der Waals surface area (Å²) in [5, 5.41) is 3.79. The molecule has 0 fully saturated rings. The van der Waals surface area contributed by atoms with E-state index in [-0.39, 0.29) is 20.5 Å². The highest BCUT2D eigenvalue weighted by Crippen LogP contribution is 2.37. The lowest BCUT2D eigenvalue weighted by atomic mass is 10.2. The zero-order chi connectivity index (χ0) is 15.2. The fraction of sp³-hybridized carbons (Fsp3) is 0.273. The number of rotatable bonds is 1. The second kappa shape index (κ2) is 5.05. The maximum Gasteiger partial charge on any atom is 0.416 e. The number of alkyl halides is 3. The molecule has 0 saturated carbocycles. The van der Waals surface area contributed by atoms with Gasteiger partial charge >= 0.3 is 6.18 Å². The number of hydrogen-bond donors (Lipinski definition) is 0. The van der Waals surface area contributed by atoms with Crippen LogP contribution in [0.5, 0.6) is 0 Å². The first-order valence-corrected chi connectivity index (χ1v) is 6.48. The van der Waals surface area contributed by atoms with Gasteiger partial charge in [0.25, 0.3) is 0 Å². The van der Waals surface area contributed by atoms with Crippen LogP contribution >= 0.6 is 35.4 Å². The molecule has 20 heavy (non-hydrogen) atoms. The molecule has 0 bridgehead atoms. The molecular formula is C11H8Cl2F3N3S. The third-order valence-corrected chi connectivity index (χ3v) is 3.68. The Hall–Kier alpha value is -1.05. The summed E-state index contributed by atoms with van der Waals surface area (Å²) in [6.07, 6.45) is -4.52. The number of hydrogen-bond acceptors (Lipinski definition) is 2. The van der Waals surface area contributed by atoms with E-state index < -0.39 is 11.7 Å². The van der Waals surface area contributed by atoms with Crippen molar-refractivity contribution in [1.29, 1.82) is 0 Å². The van der Waals surface area contributed by atoms with Crippen molar-refractivity contribution < 1.29 is 13.2 Å². The Labute approximate surface area is 127 Å². The van der Waals surface area contributed by atoms with Gasteiger partial charge in [-0.3, -0.25) is 4.57 Å². The number of aryl methyl sites for hydroxylation is 2. The van der Waals surface area contributed by atoms with E-state index in [9.17, 15) is 13.2 Å². The molecule has 0 atom stereocenters. The van der Waals surface area contributed by atoms with Crippen LogP contribution in [0.25, 0.3) is 5.69 Å². The van der Waals surface area contributed by atoms with Crippen LogP contribution in [-0.4, -0.2) is 14.3 Å². The molecule has 2 rings (SSSR count). The molecule has 1 aromatic carbocycles. The third kappa shape index (κ3) is 2.57. The molecule has 0 saturated heterocycles. The summed E-state index contributed by atoms with van der Waals surface area (Å²) in [4.78, 5) is 0. The molecule has 0 radical (unpaired) electrons. The Morgan fingerprint density at radius 3 is 2.05 bits per heavy atom. The minimum atomic E-state index is -4.52. The number of halogens is 5. The molecule has 9 heteroatoms. The van der Waals surface area contributed by atoms with Gasteiger partial charge in [-0.15, -0.1) is 0 Å². The Morgan fingerprint density at radius 1 is 1.20 bits per heavy atom. The smallest absolute Gasteiger partial charge is 0.269 e. The van der Waals surface area contributed by atoms with Crippen LogP contribution in [-0.2, 0) is 13.2 Å². The van der Waals surface area contributed by atoms with Gasteiger partial charge in [0, 0.05) is 7.05 Å². The molecule has 1 aromatic heterocycles. The quantitative estimate of drug-likeness (QED) is 0.709. The van der Waals surface area contributed by atoms with Crippen LogP contribution in [0.2, 0.25) is 10.0 Å². The van der Waals surface area contributed by atoms with Crippen LogP contribution < -0.4 is 0 Å². The summed E-state index contributed by atoms with van der Waals surface area (Å²) >= 11 is 17.0. The van der Waals surface area contributed by atoms with Crippen molar-refractivity contribution in [3.8, 4) is 5.69 Å². The summed E-state index contributed by atoms with van der Waals surface area (Å²) in [6.45, 7) is 1.65. The van der Waals surface area contributed by atoms with Crippen molar-refractivity contribution in [3.63, 3.8) is 0 Å². The van der Waals surface area contributed by atoms with Gasteiger partial charge in [-0.2, -0.15) is 18.3 Å². The van der Waals surface area contributed by atoms with E-state index in [1.165, 1.54) is 9.25 Å². The highest BCUT2D eigenvalue weighted by molar-refractivity contribution is 7.71. The second-order valence-electron chi connectivity index (χ2n) is 4.08. The average molecular weight is 342 g/mol. The first kappa shape index (κ1) is 15.3. The van der Waals surface area contributed by atoms with Crippen molar-refractivity contribution >= 4 is 35.4 Å².